The van der Waals surface area contributed by atoms with Gasteiger partial charge in [0.25, 0.3) is 10.0 Å². The van der Waals surface area contributed by atoms with E-state index in [9.17, 15) is 8.42 Å². The monoisotopic (exact) mass is 529 g/mol. The molecule has 4 heterocycles. The molecule has 194 valence electrons. The van der Waals surface area contributed by atoms with Crippen LogP contribution in [0.4, 0.5) is 17.6 Å². The zero-order valence-corrected chi connectivity index (χ0v) is 21.5. The fourth-order valence-electron chi connectivity index (χ4n) is 4.67. The minimum atomic E-state index is -3.91. The number of anilines is 3. The van der Waals surface area contributed by atoms with Gasteiger partial charge in [0.2, 0.25) is 11.9 Å². The van der Waals surface area contributed by atoms with Crippen LogP contribution in [0.3, 0.4) is 0 Å². The number of hydrogen-bond donors (Lipinski definition) is 3. The van der Waals surface area contributed by atoms with Gasteiger partial charge in [-0.1, -0.05) is 17.7 Å². The number of fused-ring (bicyclic) bond motifs is 1. The molecular weight excluding hydrogens is 502 g/mol. The Kier molecular flexibility index (Phi) is 6.16. The highest BCUT2D eigenvalue weighted by Crippen LogP contribution is 2.29. The van der Waals surface area contributed by atoms with Gasteiger partial charge in [-0.2, -0.15) is 3.97 Å². The Labute approximate surface area is 220 Å². The molecule has 0 spiro atoms. The molecule has 2 atom stereocenters. The van der Waals surface area contributed by atoms with E-state index in [1.54, 1.807) is 55.0 Å². The molecule has 0 unspecified atom stereocenters. The van der Waals surface area contributed by atoms with Crippen LogP contribution in [0.25, 0.3) is 11.2 Å². The predicted molar refractivity (Wildman–Crippen MR) is 146 cm³/mol. The van der Waals surface area contributed by atoms with Crippen LogP contribution >= 0.6 is 0 Å². The highest BCUT2D eigenvalue weighted by molar-refractivity contribution is 7.90. The fourth-order valence-corrected chi connectivity index (χ4v) is 6.05. The molecule has 0 bridgehead atoms. The minimum absolute atomic E-state index is 0.0185. The summed E-state index contributed by atoms with van der Waals surface area (Å²) in [7, 11) is -3.91. The number of pyridine rings is 1. The van der Waals surface area contributed by atoms with Crippen molar-refractivity contribution in [2.75, 3.05) is 15.6 Å². The van der Waals surface area contributed by atoms with E-state index in [0.29, 0.717) is 17.1 Å². The van der Waals surface area contributed by atoms with Crippen molar-refractivity contribution in [1.82, 2.24) is 29.3 Å². The second kappa shape index (κ2) is 9.78. The van der Waals surface area contributed by atoms with Crippen LogP contribution in [0.5, 0.6) is 0 Å². The van der Waals surface area contributed by atoms with E-state index in [-0.39, 0.29) is 22.9 Å². The van der Waals surface area contributed by atoms with Gasteiger partial charge in [0, 0.05) is 30.7 Å². The second-order valence-electron chi connectivity index (χ2n) is 9.32. The summed E-state index contributed by atoms with van der Waals surface area (Å²) in [6.07, 6.45) is 15.1. The van der Waals surface area contributed by atoms with Crippen molar-refractivity contribution in [1.29, 1.82) is 0 Å². The highest BCUT2D eigenvalue weighted by Gasteiger charge is 2.30. The van der Waals surface area contributed by atoms with E-state index in [1.807, 2.05) is 36.5 Å². The molecular formula is C26H27N9O2S. The van der Waals surface area contributed by atoms with Gasteiger partial charge in [0.05, 0.1) is 23.0 Å². The molecule has 1 saturated carbocycles. The summed E-state index contributed by atoms with van der Waals surface area (Å²) in [6.45, 7) is 1.92. The van der Waals surface area contributed by atoms with Gasteiger partial charge < -0.3 is 16.1 Å². The van der Waals surface area contributed by atoms with Crippen molar-refractivity contribution >= 4 is 38.8 Å². The van der Waals surface area contributed by atoms with Crippen molar-refractivity contribution in [2.24, 2.45) is 0 Å². The van der Waals surface area contributed by atoms with E-state index >= 15 is 0 Å². The fraction of sp³-hybridized carbons (Fsp3) is 0.231. The Hall–Kier alpha value is -4.45. The molecule has 38 heavy (non-hydrogen) atoms. The van der Waals surface area contributed by atoms with Crippen LogP contribution in [-0.2, 0) is 10.0 Å². The average Bonchev–Trinajstić information content (AvgIpc) is 3.54. The Morgan fingerprint density at radius 2 is 1.74 bits per heavy atom. The first-order valence-electron chi connectivity index (χ1n) is 12.4. The quantitative estimate of drug-likeness (QED) is 0.327. The number of imidazole rings is 1. The van der Waals surface area contributed by atoms with Crippen molar-refractivity contribution in [3.63, 3.8) is 0 Å². The summed E-state index contributed by atoms with van der Waals surface area (Å²) < 4.78 is 28.5. The number of benzene rings is 1. The molecule has 11 nitrogen and oxygen atoms in total. The largest absolute Gasteiger partial charge is 0.352 e. The van der Waals surface area contributed by atoms with Crippen LogP contribution in [0, 0.1) is 6.92 Å². The Bertz CT molecular complexity index is 1610. The van der Waals surface area contributed by atoms with Gasteiger partial charge in [-0.15, -0.1) is 0 Å². The number of nitrogens with zero attached hydrogens (tertiary/aromatic N) is 6. The maximum atomic E-state index is 13.7. The highest BCUT2D eigenvalue weighted by atomic mass is 32.2. The molecule has 0 amide bonds. The smallest absolute Gasteiger partial charge is 0.272 e. The first-order chi connectivity index (χ1) is 18.5. The molecule has 4 aromatic rings. The molecule has 12 heteroatoms. The van der Waals surface area contributed by atoms with Crippen LogP contribution in [0.15, 0.2) is 84.4 Å². The molecule has 1 fully saturated rings. The molecule has 0 radical (unpaired) electrons. The molecule has 3 aromatic heterocycles. The molecule has 3 N–H and O–H groups in total. The lowest BCUT2D eigenvalue weighted by atomic mass is 10.2. The number of allylic oxidation sites excluding steroid dienone is 2. The van der Waals surface area contributed by atoms with Gasteiger partial charge in [-0.25, -0.2) is 28.4 Å². The van der Waals surface area contributed by atoms with Crippen molar-refractivity contribution in [3.05, 3.63) is 85.1 Å². The third kappa shape index (κ3) is 4.65. The summed E-state index contributed by atoms with van der Waals surface area (Å²) in [5.74, 6) is 0.816. The molecule has 2 aliphatic rings. The Morgan fingerprint density at radius 1 is 0.974 bits per heavy atom. The zero-order chi connectivity index (χ0) is 26.1. The number of aromatic nitrogens is 5. The van der Waals surface area contributed by atoms with Gasteiger partial charge in [-0.3, -0.25) is 5.01 Å². The molecule has 0 saturated heterocycles. The minimum Gasteiger partial charge on any atom is -0.352 e. The maximum Gasteiger partial charge on any atom is 0.272 e. The standard InChI is InChI=1S/C26H27N9O2S/c1-18-6-10-22(11-7-18)38(36,37)35-24-23(5-4-12-27-24)33-26(35)32-20-9-8-19(15-20)31-25-28-16-21(17-29-25)34-14-3-2-13-30-34/h2-7,10-14,16-17,19-20,30H,8-9,15H2,1H3,(H,32,33)(H,28,29,31)/t19-,20-/m0/s1. The third-order valence-corrected chi connectivity index (χ3v) is 8.30. The van der Waals surface area contributed by atoms with E-state index in [1.165, 1.54) is 3.97 Å². The third-order valence-electron chi connectivity index (χ3n) is 6.61. The van der Waals surface area contributed by atoms with Gasteiger partial charge in [0.1, 0.15) is 5.52 Å². The number of hydrogen-bond acceptors (Lipinski definition) is 10. The first kappa shape index (κ1) is 23.9. The van der Waals surface area contributed by atoms with E-state index < -0.39 is 10.0 Å². The first-order valence-corrected chi connectivity index (χ1v) is 13.8. The normalized spacial score (nSPS) is 19.0. The molecule has 1 aliphatic heterocycles. The van der Waals surface area contributed by atoms with Crippen molar-refractivity contribution < 1.29 is 8.42 Å². The lowest BCUT2D eigenvalue weighted by Gasteiger charge is -2.21. The number of hydrazine groups is 1. The molecule has 6 rings (SSSR count). The lowest BCUT2D eigenvalue weighted by molar-refractivity contribution is 0.588. The number of nitrogens with one attached hydrogen (secondary N) is 3. The Morgan fingerprint density at radius 3 is 2.47 bits per heavy atom. The maximum absolute atomic E-state index is 13.7. The zero-order valence-electron chi connectivity index (χ0n) is 20.7. The molecule has 1 aromatic carbocycles. The Balaban J connectivity index is 1.18. The van der Waals surface area contributed by atoms with Crippen LogP contribution in [0.2, 0.25) is 0 Å². The number of aryl methyl sites for hydroxylation is 1. The lowest BCUT2D eigenvalue weighted by Crippen LogP contribution is -2.30. The van der Waals surface area contributed by atoms with Crippen molar-refractivity contribution in [2.45, 2.75) is 43.2 Å². The van der Waals surface area contributed by atoms with Crippen LogP contribution < -0.4 is 21.1 Å². The number of rotatable bonds is 7. The van der Waals surface area contributed by atoms with Gasteiger partial charge in [-0.05, 0) is 62.6 Å². The summed E-state index contributed by atoms with van der Waals surface area (Å²) in [5, 5.41) is 8.60. The average molecular weight is 530 g/mol. The van der Waals surface area contributed by atoms with E-state index in [2.05, 4.69) is 36.0 Å². The summed E-state index contributed by atoms with van der Waals surface area (Å²) >= 11 is 0. The summed E-state index contributed by atoms with van der Waals surface area (Å²) in [4.78, 5) is 18.0. The van der Waals surface area contributed by atoms with Crippen LogP contribution in [0.1, 0.15) is 24.8 Å². The van der Waals surface area contributed by atoms with Crippen molar-refractivity contribution in [3.8, 4) is 0 Å². The van der Waals surface area contributed by atoms with E-state index in [0.717, 1.165) is 30.5 Å². The predicted octanol–water partition coefficient (Wildman–Crippen LogP) is 3.56. The van der Waals surface area contributed by atoms with Gasteiger partial charge in [0.15, 0.2) is 5.65 Å². The summed E-state index contributed by atoms with van der Waals surface area (Å²) in [6, 6.07) is 10.5. The van der Waals surface area contributed by atoms with Crippen LogP contribution in [-0.4, -0.2) is 44.4 Å². The van der Waals surface area contributed by atoms with E-state index in [4.69, 9.17) is 0 Å². The second-order valence-corrected chi connectivity index (χ2v) is 11.1. The summed E-state index contributed by atoms with van der Waals surface area (Å²) in [5.41, 5.74) is 5.71. The van der Waals surface area contributed by atoms with Gasteiger partial charge >= 0.3 is 0 Å². The topological polar surface area (TPSA) is 130 Å². The molecule has 1 aliphatic carbocycles. The SMILES string of the molecule is Cc1ccc(S(=O)(=O)n2c(N[C@H]3CC[C@H](Nc4ncc(N5C=CC=CN5)cn4)C3)nc3cccnc32)cc1.